The van der Waals surface area contributed by atoms with Crippen molar-refractivity contribution in [3.63, 3.8) is 0 Å². The van der Waals surface area contributed by atoms with Crippen LogP contribution in [0.5, 0.6) is 5.75 Å². The number of aromatic amines is 1. The van der Waals surface area contributed by atoms with Crippen LogP contribution >= 0.6 is 0 Å². The zero-order valence-electron chi connectivity index (χ0n) is 15.9. The summed E-state index contributed by atoms with van der Waals surface area (Å²) in [5.74, 6) is 1.53. The summed E-state index contributed by atoms with van der Waals surface area (Å²) in [6, 6.07) is 6.17. The molecule has 8 heteroatoms. The molecule has 0 aliphatic carbocycles. The first-order chi connectivity index (χ1) is 13.7. The fraction of sp³-hybridized carbons (Fsp3) is 0.400. The van der Waals surface area contributed by atoms with E-state index in [1.54, 1.807) is 6.20 Å². The average molecular weight is 382 g/mol. The Morgan fingerprint density at radius 3 is 2.79 bits per heavy atom. The van der Waals surface area contributed by atoms with Crippen LogP contribution < -0.4 is 16.2 Å². The molecule has 148 valence electrons. The van der Waals surface area contributed by atoms with Crippen LogP contribution in [0.1, 0.15) is 11.1 Å². The van der Waals surface area contributed by atoms with Gasteiger partial charge in [0.05, 0.1) is 13.2 Å². The smallest absolute Gasteiger partial charge is 0.221 e. The summed E-state index contributed by atoms with van der Waals surface area (Å²) in [7, 11) is 0. The molecule has 1 aliphatic heterocycles. The first kappa shape index (κ1) is 18.5. The number of H-pyrrole nitrogens is 1. The first-order valence-electron chi connectivity index (χ1n) is 9.59. The molecule has 3 heterocycles. The van der Waals surface area contributed by atoms with E-state index in [0.29, 0.717) is 12.4 Å². The van der Waals surface area contributed by atoms with Crippen molar-refractivity contribution in [1.29, 1.82) is 0 Å². The third-order valence-corrected chi connectivity index (χ3v) is 5.10. The maximum Gasteiger partial charge on any atom is 0.221 e. The fourth-order valence-corrected chi connectivity index (χ4v) is 3.47. The monoisotopic (exact) mass is 382 g/mol. The van der Waals surface area contributed by atoms with Crippen molar-refractivity contribution in [1.82, 2.24) is 19.9 Å². The number of rotatable bonds is 7. The lowest BCUT2D eigenvalue weighted by Crippen LogP contribution is -2.38. The third kappa shape index (κ3) is 4.35. The Bertz CT molecular complexity index is 936. The number of benzene rings is 1. The van der Waals surface area contributed by atoms with Crippen LogP contribution in [0.4, 0.5) is 11.8 Å². The Balaban J connectivity index is 1.39. The molecule has 0 unspecified atom stereocenters. The van der Waals surface area contributed by atoms with Gasteiger partial charge in [-0.1, -0.05) is 0 Å². The van der Waals surface area contributed by atoms with Crippen molar-refractivity contribution in [2.24, 2.45) is 0 Å². The van der Waals surface area contributed by atoms with Gasteiger partial charge in [-0.2, -0.15) is 4.98 Å². The molecule has 0 amide bonds. The lowest BCUT2D eigenvalue weighted by Gasteiger charge is -2.26. The zero-order valence-corrected chi connectivity index (χ0v) is 15.9. The highest BCUT2D eigenvalue weighted by Crippen LogP contribution is 2.25. The van der Waals surface area contributed by atoms with Crippen molar-refractivity contribution in [2.45, 2.75) is 12.8 Å². The SMILES string of the molecule is Nc1ncc(CCc2c[nH]c3ccc(OCCN4CCOCC4)cc23)c(N)n1. The molecule has 3 aromatic rings. The topological polar surface area (TPSA) is 115 Å². The fourth-order valence-electron chi connectivity index (χ4n) is 3.47. The highest BCUT2D eigenvalue weighted by atomic mass is 16.5. The summed E-state index contributed by atoms with van der Waals surface area (Å²) in [6.07, 6.45) is 5.32. The minimum atomic E-state index is 0.201. The second-order valence-corrected chi connectivity index (χ2v) is 6.96. The molecule has 28 heavy (non-hydrogen) atoms. The Hall–Kier alpha value is -2.84. The zero-order chi connectivity index (χ0) is 19.3. The highest BCUT2D eigenvalue weighted by molar-refractivity contribution is 5.84. The first-order valence-corrected chi connectivity index (χ1v) is 9.59. The number of nitrogens with two attached hydrogens (primary N) is 2. The minimum Gasteiger partial charge on any atom is -0.492 e. The van der Waals surface area contributed by atoms with Gasteiger partial charge in [0.1, 0.15) is 18.2 Å². The number of nitrogens with one attached hydrogen (secondary N) is 1. The van der Waals surface area contributed by atoms with Crippen molar-refractivity contribution in [3.05, 3.63) is 41.7 Å². The van der Waals surface area contributed by atoms with E-state index in [1.165, 1.54) is 10.9 Å². The molecule has 0 saturated carbocycles. The molecule has 5 N–H and O–H groups in total. The molecule has 4 rings (SSSR count). The summed E-state index contributed by atoms with van der Waals surface area (Å²) in [5, 5.41) is 1.17. The number of nitrogen functional groups attached to an aromatic ring is 2. The summed E-state index contributed by atoms with van der Waals surface area (Å²) >= 11 is 0. The van der Waals surface area contributed by atoms with E-state index < -0.39 is 0 Å². The van der Waals surface area contributed by atoms with E-state index in [9.17, 15) is 0 Å². The average Bonchev–Trinajstić information content (AvgIpc) is 3.10. The van der Waals surface area contributed by atoms with E-state index in [1.807, 2.05) is 12.3 Å². The third-order valence-electron chi connectivity index (χ3n) is 5.10. The number of morpholine rings is 1. The minimum absolute atomic E-state index is 0.201. The molecule has 1 fully saturated rings. The van der Waals surface area contributed by atoms with E-state index in [-0.39, 0.29) is 5.95 Å². The Morgan fingerprint density at radius 1 is 1.14 bits per heavy atom. The van der Waals surface area contributed by atoms with Gasteiger partial charge in [0.2, 0.25) is 5.95 Å². The van der Waals surface area contributed by atoms with E-state index in [0.717, 1.165) is 62.5 Å². The van der Waals surface area contributed by atoms with Gasteiger partial charge in [-0.15, -0.1) is 0 Å². The Labute approximate surface area is 163 Å². The molecule has 8 nitrogen and oxygen atoms in total. The molecule has 0 spiro atoms. The number of hydrogen-bond acceptors (Lipinski definition) is 7. The largest absolute Gasteiger partial charge is 0.492 e. The summed E-state index contributed by atoms with van der Waals surface area (Å²) in [5.41, 5.74) is 14.7. The predicted molar refractivity (Wildman–Crippen MR) is 109 cm³/mol. The molecule has 0 atom stereocenters. The predicted octanol–water partition coefficient (Wildman–Crippen LogP) is 1.62. The van der Waals surface area contributed by atoms with E-state index in [2.05, 4.69) is 32.0 Å². The number of anilines is 2. The Kier molecular flexibility index (Phi) is 5.59. The van der Waals surface area contributed by atoms with Gasteiger partial charge < -0.3 is 25.9 Å². The number of ether oxygens (including phenoxy) is 2. The van der Waals surface area contributed by atoms with Gasteiger partial charge in [0, 0.05) is 48.5 Å². The molecule has 0 bridgehead atoms. The van der Waals surface area contributed by atoms with Crippen molar-refractivity contribution < 1.29 is 9.47 Å². The van der Waals surface area contributed by atoms with Gasteiger partial charge in [0.25, 0.3) is 0 Å². The number of hydrogen-bond donors (Lipinski definition) is 3. The highest BCUT2D eigenvalue weighted by Gasteiger charge is 2.11. The molecule has 1 aromatic carbocycles. The second-order valence-electron chi connectivity index (χ2n) is 6.96. The maximum atomic E-state index is 5.99. The summed E-state index contributed by atoms with van der Waals surface area (Å²) < 4.78 is 11.4. The molecule has 1 aliphatic rings. The number of fused-ring (bicyclic) bond motifs is 1. The molecular formula is C20H26N6O2. The molecule has 2 aromatic heterocycles. The molecule has 1 saturated heterocycles. The van der Waals surface area contributed by atoms with Gasteiger partial charge >= 0.3 is 0 Å². The summed E-state index contributed by atoms with van der Waals surface area (Å²) in [4.78, 5) is 13.7. The standard InChI is InChI=1S/C20H26N6O2/c21-19-15(13-24-20(22)25-19)2-1-14-12-23-18-4-3-16(11-17(14)18)28-10-7-26-5-8-27-9-6-26/h3-4,11-13,23H,1-2,5-10H2,(H4,21,22,24,25). The molecular weight excluding hydrogens is 356 g/mol. The Morgan fingerprint density at radius 2 is 1.96 bits per heavy atom. The number of nitrogens with zero attached hydrogens (tertiary/aromatic N) is 3. The van der Waals surface area contributed by atoms with Gasteiger partial charge in [-0.05, 0) is 36.6 Å². The lowest BCUT2D eigenvalue weighted by atomic mass is 10.0. The van der Waals surface area contributed by atoms with Gasteiger partial charge in [0.15, 0.2) is 0 Å². The van der Waals surface area contributed by atoms with Crippen LogP contribution in [0.2, 0.25) is 0 Å². The van der Waals surface area contributed by atoms with E-state index >= 15 is 0 Å². The summed E-state index contributed by atoms with van der Waals surface area (Å²) in [6.45, 7) is 5.15. The maximum absolute atomic E-state index is 5.99. The van der Waals surface area contributed by atoms with Crippen LogP contribution in [0.3, 0.4) is 0 Å². The van der Waals surface area contributed by atoms with Crippen LogP contribution in [0.15, 0.2) is 30.6 Å². The normalized spacial score (nSPS) is 15.1. The number of aryl methyl sites for hydroxylation is 2. The van der Waals surface area contributed by atoms with Gasteiger partial charge in [-0.25, -0.2) is 4.98 Å². The number of aromatic nitrogens is 3. The van der Waals surface area contributed by atoms with Crippen LogP contribution in [0, 0.1) is 0 Å². The van der Waals surface area contributed by atoms with Crippen molar-refractivity contribution in [3.8, 4) is 5.75 Å². The quantitative estimate of drug-likeness (QED) is 0.569. The van der Waals surface area contributed by atoms with Crippen LogP contribution in [-0.2, 0) is 17.6 Å². The van der Waals surface area contributed by atoms with Crippen LogP contribution in [0.25, 0.3) is 10.9 Å². The van der Waals surface area contributed by atoms with Crippen molar-refractivity contribution >= 4 is 22.7 Å². The van der Waals surface area contributed by atoms with Crippen molar-refractivity contribution in [2.75, 3.05) is 50.9 Å². The van der Waals surface area contributed by atoms with Gasteiger partial charge in [-0.3, -0.25) is 4.90 Å². The van der Waals surface area contributed by atoms with Crippen LogP contribution in [-0.4, -0.2) is 59.3 Å². The second kappa shape index (κ2) is 8.45. The van der Waals surface area contributed by atoms with E-state index in [4.69, 9.17) is 20.9 Å². The lowest BCUT2D eigenvalue weighted by molar-refractivity contribution is 0.0322. The molecule has 0 radical (unpaired) electrons.